The van der Waals surface area contributed by atoms with Crippen LogP contribution in [-0.4, -0.2) is 4.98 Å². The van der Waals surface area contributed by atoms with Gasteiger partial charge in [0.15, 0.2) is 0 Å². The van der Waals surface area contributed by atoms with E-state index < -0.39 is 0 Å². The van der Waals surface area contributed by atoms with Gasteiger partial charge in [-0.2, -0.15) is 0 Å². The first-order chi connectivity index (χ1) is 7.79. The molecule has 3 nitrogen and oxygen atoms in total. The highest BCUT2D eigenvalue weighted by atomic mass is 16.5. The third-order valence-electron chi connectivity index (χ3n) is 2.30. The zero-order chi connectivity index (χ0) is 11.4. The molecule has 2 aromatic rings. The molecule has 0 aliphatic carbocycles. The molecule has 0 fully saturated rings. The van der Waals surface area contributed by atoms with Crippen molar-refractivity contribution < 1.29 is 4.74 Å². The molecule has 0 aliphatic rings. The van der Waals surface area contributed by atoms with Gasteiger partial charge in [0.1, 0.15) is 11.5 Å². The van der Waals surface area contributed by atoms with E-state index in [-0.39, 0.29) is 0 Å². The predicted octanol–water partition coefficient (Wildman–Crippen LogP) is 2.64. The van der Waals surface area contributed by atoms with E-state index in [0.29, 0.717) is 6.54 Å². The Bertz CT molecular complexity index is 466. The van der Waals surface area contributed by atoms with Gasteiger partial charge in [0, 0.05) is 17.8 Å². The summed E-state index contributed by atoms with van der Waals surface area (Å²) in [5.74, 6) is 1.52. The second-order valence-corrected chi connectivity index (χ2v) is 3.55. The van der Waals surface area contributed by atoms with Crippen LogP contribution in [0.4, 0.5) is 0 Å². The van der Waals surface area contributed by atoms with Gasteiger partial charge in [-0.15, -0.1) is 0 Å². The molecule has 0 amide bonds. The first-order valence-corrected chi connectivity index (χ1v) is 5.18. The van der Waals surface area contributed by atoms with Crippen LogP contribution in [0.25, 0.3) is 0 Å². The van der Waals surface area contributed by atoms with Crippen molar-refractivity contribution in [2.45, 2.75) is 13.5 Å². The lowest BCUT2D eigenvalue weighted by Crippen LogP contribution is -1.99. The Morgan fingerprint density at radius 2 is 2.00 bits per heavy atom. The number of rotatable bonds is 3. The molecule has 0 bridgehead atoms. The van der Waals surface area contributed by atoms with Gasteiger partial charge in [0.05, 0.1) is 6.20 Å². The molecule has 0 saturated carbocycles. The van der Waals surface area contributed by atoms with Gasteiger partial charge in [-0.05, 0) is 25.1 Å². The van der Waals surface area contributed by atoms with Gasteiger partial charge >= 0.3 is 0 Å². The molecular weight excluding hydrogens is 200 g/mol. The lowest BCUT2D eigenvalue weighted by molar-refractivity contribution is 0.474. The van der Waals surface area contributed by atoms with Crippen LogP contribution in [-0.2, 0) is 6.54 Å². The Balaban J connectivity index is 2.23. The molecule has 0 saturated heterocycles. The summed E-state index contributed by atoms with van der Waals surface area (Å²) in [6, 6.07) is 11.5. The fraction of sp³-hybridized carbons (Fsp3) is 0.154. The number of aryl methyl sites for hydroxylation is 1. The van der Waals surface area contributed by atoms with Crippen molar-refractivity contribution in [2.24, 2.45) is 5.73 Å². The minimum atomic E-state index is 0.468. The number of aromatic nitrogens is 1. The summed E-state index contributed by atoms with van der Waals surface area (Å²) in [6.07, 6.45) is 1.71. The second-order valence-electron chi connectivity index (χ2n) is 3.55. The Labute approximate surface area is 94.9 Å². The van der Waals surface area contributed by atoms with E-state index in [2.05, 4.69) is 4.98 Å². The first kappa shape index (κ1) is 10.6. The molecule has 0 atom stereocenters. The van der Waals surface area contributed by atoms with E-state index in [1.165, 1.54) is 0 Å². The van der Waals surface area contributed by atoms with E-state index in [9.17, 15) is 0 Å². The van der Waals surface area contributed by atoms with Crippen LogP contribution in [0, 0.1) is 6.92 Å². The number of para-hydroxylation sites is 1. The van der Waals surface area contributed by atoms with Gasteiger partial charge < -0.3 is 10.5 Å². The van der Waals surface area contributed by atoms with Crippen LogP contribution in [0.2, 0.25) is 0 Å². The third kappa shape index (κ3) is 2.38. The van der Waals surface area contributed by atoms with Crippen molar-refractivity contribution in [1.29, 1.82) is 0 Å². The Hall–Kier alpha value is -1.87. The highest BCUT2D eigenvalue weighted by molar-refractivity contribution is 5.37. The summed E-state index contributed by atoms with van der Waals surface area (Å²) >= 11 is 0. The largest absolute Gasteiger partial charge is 0.455 e. The number of nitrogens with two attached hydrogens (primary N) is 1. The molecular formula is C13H14N2O. The van der Waals surface area contributed by atoms with Crippen molar-refractivity contribution in [1.82, 2.24) is 4.98 Å². The Kier molecular flexibility index (Phi) is 3.17. The minimum Gasteiger partial charge on any atom is -0.455 e. The molecule has 0 radical (unpaired) electrons. The maximum atomic E-state index is 5.71. The molecule has 0 spiro atoms. The average Bonchev–Trinajstić information content (AvgIpc) is 2.33. The molecule has 3 heteroatoms. The van der Waals surface area contributed by atoms with E-state index in [0.717, 1.165) is 22.8 Å². The van der Waals surface area contributed by atoms with Crippen LogP contribution < -0.4 is 10.5 Å². The number of benzene rings is 1. The van der Waals surface area contributed by atoms with Crippen LogP contribution in [0.5, 0.6) is 11.5 Å². The number of ether oxygens (including phenoxy) is 1. The maximum Gasteiger partial charge on any atom is 0.145 e. The summed E-state index contributed by atoms with van der Waals surface area (Å²) in [5, 5.41) is 0. The first-order valence-electron chi connectivity index (χ1n) is 5.18. The van der Waals surface area contributed by atoms with Gasteiger partial charge in [0.2, 0.25) is 0 Å². The molecule has 1 aromatic heterocycles. The van der Waals surface area contributed by atoms with Crippen LogP contribution in [0.15, 0.2) is 42.6 Å². The van der Waals surface area contributed by atoms with E-state index in [4.69, 9.17) is 10.5 Å². The van der Waals surface area contributed by atoms with Crippen LogP contribution in [0.3, 0.4) is 0 Å². The van der Waals surface area contributed by atoms with E-state index in [1.807, 2.05) is 43.3 Å². The van der Waals surface area contributed by atoms with Crippen molar-refractivity contribution in [3.05, 3.63) is 53.9 Å². The summed E-state index contributed by atoms with van der Waals surface area (Å²) in [4.78, 5) is 4.17. The molecule has 1 heterocycles. The summed E-state index contributed by atoms with van der Waals surface area (Å²) in [7, 11) is 0. The topological polar surface area (TPSA) is 48.1 Å². The van der Waals surface area contributed by atoms with Crippen LogP contribution in [0.1, 0.15) is 11.3 Å². The van der Waals surface area contributed by atoms with Crippen molar-refractivity contribution in [3.8, 4) is 11.5 Å². The lowest BCUT2D eigenvalue weighted by atomic mass is 10.2. The SMILES string of the molecule is Cc1ccc(Oc2ccccc2CN)cn1. The van der Waals surface area contributed by atoms with Crippen LogP contribution >= 0.6 is 0 Å². The minimum absolute atomic E-state index is 0.468. The van der Waals surface area contributed by atoms with Gasteiger partial charge in [0.25, 0.3) is 0 Å². The Morgan fingerprint density at radius 1 is 1.19 bits per heavy atom. The molecule has 2 rings (SSSR count). The zero-order valence-corrected chi connectivity index (χ0v) is 9.18. The molecule has 1 aromatic carbocycles. The smallest absolute Gasteiger partial charge is 0.145 e. The maximum absolute atomic E-state index is 5.71. The van der Waals surface area contributed by atoms with Gasteiger partial charge in [-0.1, -0.05) is 18.2 Å². The van der Waals surface area contributed by atoms with Gasteiger partial charge in [-0.25, -0.2) is 0 Å². The standard InChI is InChI=1S/C13H14N2O/c1-10-6-7-12(9-15-10)16-13-5-3-2-4-11(13)8-14/h2-7,9H,8,14H2,1H3. The fourth-order valence-corrected chi connectivity index (χ4v) is 1.41. The number of pyridine rings is 1. The third-order valence-corrected chi connectivity index (χ3v) is 2.30. The monoisotopic (exact) mass is 214 g/mol. The quantitative estimate of drug-likeness (QED) is 0.854. The highest BCUT2D eigenvalue weighted by Gasteiger charge is 2.02. The molecule has 2 N–H and O–H groups in total. The summed E-state index contributed by atoms with van der Waals surface area (Å²) in [6.45, 7) is 2.41. The van der Waals surface area contributed by atoms with Crippen molar-refractivity contribution in [3.63, 3.8) is 0 Å². The predicted molar refractivity (Wildman–Crippen MR) is 63.4 cm³/mol. The number of hydrogen-bond donors (Lipinski definition) is 1. The highest BCUT2D eigenvalue weighted by Crippen LogP contribution is 2.24. The Morgan fingerprint density at radius 3 is 2.69 bits per heavy atom. The second kappa shape index (κ2) is 4.77. The molecule has 16 heavy (non-hydrogen) atoms. The van der Waals surface area contributed by atoms with E-state index >= 15 is 0 Å². The zero-order valence-electron chi connectivity index (χ0n) is 9.18. The number of hydrogen-bond acceptors (Lipinski definition) is 3. The van der Waals surface area contributed by atoms with Gasteiger partial charge in [-0.3, -0.25) is 4.98 Å². The summed E-state index contributed by atoms with van der Waals surface area (Å²) < 4.78 is 5.71. The molecule has 82 valence electrons. The average molecular weight is 214 g/mol. The van der Waals surface area contributed by atoms with Crippen molar-refractivity contribution >= 4 is 0 Å². The summed E-state index contributed by atoms with van der Waals surface area (Å²) in [5.41, 5.74) is 7.59. The fourth-order valence-electron chi connectivity index (χ4n) is 1.41. The normalized spacial score (nSPS) is 10.1. The van der Waals surface area contributed by atoms with E-state index in [1.54, 1.807) is 6.20 Å². The molecule has 0 aliphatic heterocycles. The van der Waals surface area contributed by atoms with Crippen molar-refractivity contribution in [2.75, 3.05) is 0 Å². The lowest BCUT2D eigenvalue weighted by Gasteiger charge is -2.09. The number of nitrogens with zero attached hydrogens (tertiary/aromatic N) is 1. The molecule has 0 unspecified atom stereocenters.